The van der Waals surface area contributed by atoms with Crippen LogP contribution in [0, 0.1) is 0 Å². The monoisotopic (exact) mass is 339 g/mol. The van der Waals surface area contributed by atoms with E-state index in [1.165, 1.54) is 34.7 Å². The third-order valence-electron chi connectivity index (χ3n) is 5.64. The molecule has 0 saturated heterocycles. The highest BCUT2D eigenvalue weighted by molar-refractivity contribution is 6.07. The molecular weight excluding hydrogens is 322 g/mol. The average Bonchev–Trinajstić information content (AvgIpc) is 3.35. The summed E-state index contributed by atoms with van der Waals surface area (Å²) in [6.45, 7) is 0.692. The molecule has 0 unspecified atom stereocenters. The van der Waals surface area contributed by atoms with Crippen molar-refractivity contribution in [2.75, 3.05) is 0 Å². The number of nitrogens with zero attached hydrogens (tertiary/aromatic N) is 4. The van der Waals surface area contributed by atoms with Crippen LogP contribution in [0.15, 0.2) is 35.6 Å². The lowest BCUT2D eigenvalue weighted by molar-refractivity contribution is 0.689. The lowest BCUT2D eigenvalue weighted by Crippen LogP contribution is -2.08. The molecule has 1 aliphatic carbocycles. The summed E-state index contributed by atoms with van der Waals surface area (Å²) >= 11 is 0. The van der Waals surface area contributed by atoms with Crippen LogP contribution in [0.3, 0.4) is 0 Å². The van der Waals surface area contributed by atoms with E-state index in [4.69, 9.17) is 4.98 Å². The largest absolute Gasteiger partial charge is 0.286 e. The van der Waals surface area contributed by atoms with E-state index in [0.717, 1.165) is 46.4 Å². The van der Waals surface area contributed by atoms with Crippen LogP contribution in [-0.2, 0) is 19.4 Å². The molecule has 6 rings (SSSR count). The lowest BCUT2D eigenvalue weighted by Gasteiger charge is -2.21. The molecule has 126 valence electrons. The van der Waals surface area contributed by atoms with Crippen LogP contribution in [0.1, 0.15) is 35.2 Å². The molecule has 1 N–H and O–H groups in total. The maximum absolute atomic E-state index is 5.09. The Balaban J connectivity index is 1.69. The van der Waals surface area contributed by atoms with Crippen molar-refractivity contribution in [3.63, 3.8) is 0 Å². The molecule has 4 heterocycles. The van der Waals surface area contributed by atoms with Gasteiger partial charge in [0.05, 0.1) is 35.2 Å². The van der Waals surface area contributed by atoms with Crippen LogP contribution >= 0.6 is 0 Å². The molecule has 0 spiro atoms. The first-order valence-electron chi connectivity index (χ1n) is 9.15. The Kier molecular flexibility index (Phi) is 2.83. The molecule has 2 aliphatic rings. The van der Waals surface area contributed by atoms with Gasteiger partial charge in [0.1, 0.15) is 0 Å². The van der Waals surface area contributed by atoms with E-state index in [-0.39, 0.29) is 0 Å². The van der Waals surface area contributed by atoms with Gasteiger partial charge in [-0.2, -0.15) is 5.10 Å². The molecule has 4 aromatic rings. The summed E-state index contributed by atoms with van der Waals surface area (Å²) in [6.07, 6.45) is 10.4. The van der Waals surface area contributed by atoms with Crippen molar-refractivity contribution in [3.05, 3.63) is 53.0 Å². The van der Waals surface area contributed by atoms with Crippen molar-refractivity contribution in [2.24, 2.45) is 4.99 Å². The van der Waals surface area contributed by atoms with Crippen molar-refractivity contribution in [1.29, 1.82) is 0 Å². The molecule has 0 bridgehead atoms. The Morgan fingerprint density at radius 1 is 1.00 bits per heavy atom. The SMILES string of the molecule is C1=NCc2ncc(-c3nc4ccc5[nH]ncc5c4c4c3CCCC4)cc21. The maximum Gasteiger partial charge on any atom is 0.0818 e. The Labute approximate surface area is 150 Å². The number of aromatic nitrogens is 4. The van der Waals surface area contributed by atoms with Gasteiger partial charge in [-0.25, -0.2) is 4.98 Å². The molecule has 1 aromatic carbocycles. The van der Waals surface area contributed by atoms with E-state index in [1.54, 1.807) is 0 Å². The number of hydrogen-bond donors (Lipinski definition) is 1. The van der Waals surface area contributed by atoms with Gasteiger partial charge in [0, 0.05) is 34.3 Å². The summed E-state index contributed by atoms with van der Waals surface area (Å²) in [5, 5.41) is 9.78. The highest BCUT2D eigenvalue weighted by Crippen LogP contribution is 2.38. The zero-order chi connectivity index (χ0) is 17.1. The number of aliphatic imine (C=N–C) groups is 1. The molecule has 0 fully saturated rings. The second-order valence-corrected chi connectivity index (χ2v) is 7.15. The summed E-state index contributed by atoms with van der Waals surface area (Å²) < 4.78 is 0. The van der Waals surface area contributed by atoms with Gasteiger partial charge in [0.15, 0.2) is 0 Å². The van der Waals surface area contributed by atoms with Gasteiger partial charge in [-0.1, -0.05) is 0 Å². The van der Waals surface area contributed by atoms with Gasteiger partial charge in [-0.3, -0.25) is 15.1 Å². The molecule has 5 heteroatoms. The Morgan fingerprint density at radius 2 is 1.92 bits per heavy atom. The number of hydrogen-bond acceptors (Lipinski definition) is 4. The fourth-order valence-electron chi connectivity index (χ4n) is 4.40. The Hall–Kier alpha value is -3.08. The standard InChI is InChI=1S/C21H17N5/c1-2-4-15-14(3-1)20-16-10-24-26-17(16)5-6-18(20)25-21(15)13-7-12-8-22-11-19(12)23-9-13/h5-10H,1-4,11H2,(H,24,26). The van der Waals surface area contributed by atoms with Crippen molar-refractivity contribution in [2.45, 2.75) is 32.2 Å². The second-order valence-electron chi connectivity index (χ2n) is 7.15. The Bertz CT molecular complexity index is 1220. The Morgan fingerprint density at radius 3 is 2.88 bits per heavy atom. The highest BCUT2D eigenvalue weighted by atomic mass is 15.1. The fraction of sp³-hybridized carbons (Fsp3) is 0.238. The van der Waals surface area contributed by atoms with Gasteiger partial charge < -0.3 is 0 Å². The highest BCUT2D eigenvalue weighted by Gasteiger charge is 2.22. The average molecular weight is 339 g/mol. The summed E-state index contributed by atoms with van der Waals surface area (Å²) in [6, 6.07) is 6.37. The van der Waals surface area contributed by atoms with Crippen molar-refractivity contribution in [1.82, 2.24) is 20.2 Å². The molecular formula is C21H17N5. The number of pyridine rings is 2. The van der Waals surface area contributed by atoms with Crippen LogP contribution in [0.5, 0.6) is 0 Å². The van der Waals surface area contributed by atoms with E-state index in [2.05, 4.69) is 38.4 Å². The number of aryl methyl sites for hydroxylation is 1. The van der Waals surface area contributed by atoms with Gasteiger partial charge in [-0.05, 0) is 55.0 Å². The topological polar surface area (TPSA) is 66.8 Å². The first kappa shape index (κ1) is 14.1. The first-order chi connectivity index (χ1) is 12.9. The maximum atomic E-state index is 5.09. The normalized spacial score (nSPS) is 15.5. The quantitative estimate of drug-likeness (QED) is 0.570. The number of benzene rings is 1. The minimum atomic E-state index is 0.692. The van der Waals surface area contributed by atoms with Gasteiger partial charge >= 0.3 is 0 Å². The van der Waals surface area contributed by atoms with Crippen molar-refractivity contribution in [3.8, 4) is 11.3 Å². The van der Waals surface area contributed by atoms with Crippen LogP contribution in [-0.4, -0.2) is 26.4 Å². The molecule has 0 atom stereocenters. The number of aromatic amines is 1. The van der Waals surface area contributed by atoms with Crippen LogP contribution < -0.4 is 0 Å². The van der Waals surface area contributed by atoms with Crippen LogP contribution in [0.25, 0.3) is 33.1 Å². The smallest absolute Gasteiger partial charge is 0.0818 e. The van der Waals surface area contributed by atoms with E-state index >= 15 is 0 Å². The molecule has 5 nitrogen and oxygen atoms in total. The summed E-state index contributed by atoms with van der Waals surface area (Å²) in [5.74, 6) is 0. The van der Waals surface area contributed by atoms with Gasteiger partial charge in [0.25, 0.3) is 0 Å². The second kappa shape index (κ2) is 5.21. The van der Waals surface area contributed by atoms with E-state index in [1.807, 2.05) is 18.6 Å². The number of H-pyrrole nitrogens is 1. The van der Waals surface area contributed by atoms with E-state index < -0.39 is 0 Å². The minimum Gasteiger partial charge on any atom is -0.286 e. The van der Waals surface area contributed by atoms with Crippen molar-refractivity contribution >= 4 is 28.0 Å². The molecule has 0 amide bonds. The third-order valence-corrected chi connectivity index (χ3v) is 5.64. The molecule has 26 heavy (non-hydrogen) atoms. The summed E-state index contributed by atoms with van der Waals surface area (Å²) in [7, 11) is 0. The van der Waals surface area contributed by atoms with E-state index in [0.29, 0.717) is 6.54 Å². The van der Waals surface area contributed by atoms with Crippen LogP contribution in [0.2, 0.25) is 0 Å². The minimum absolute atomic E-state index is 0.692. The molecule has 0 saturated carbocycles. The van der Waals surface area contributed by atoms with Gasteiger partial charge in [0.2, 0.25) is 0 Å². The van der Waals surface area contributed by atoms with E-state index in [9.17, 15) is 0 Å². The number of fused-ring (bicyclic) bond motifs is 6. The fourth-order valence-corrected chi connectivity index (χ4v) is 4.40. The predicted octanol–water partition coefficient (Wildman–Crippen LogP) is 3.98. The lowest BCUT2D eigenvalue weighted by atomic mass is 9.85. The van der Waals surface area contributed by atoms with Crippen molar-refractivity contribution < 1.29 is 0 Å². The predicted molar refractivity (Wildman–Crippen MR) is 103 cm³/mol. The zero-order valence-electron chi connectivity index (χ0n) is 14.3. The summed E-state index contributed by atoms with van der Waals surface area (Å²) in [5.41, 5.74) is 9.32. The first-order valence-corrected chi connectivity index (χ1v) is 9.15. The molecule has 3 aromatic heterocycles. The third kappa shape index (κ3) is 1.91. The zero-order valence-corrected chi connectivity index (χ0v) is 14.3. The summed E-state index contributed by atoms with van der Waals surface area (Å²) in [4.78, 5) is 14.0. The number of nitrogens with one attached hydrogen (secondary N) is 1. The molecule has 1 aliphatic heterocycles. The number of rotatable bonds is 1. The van der Waals surface area contributed by atoms with Gasteiger partial charge in [-0.15, -0.1) is 0 Å². The van der Waals surface area contributed by atoms with Crippen LogP contribution in [0.4, 0.5) is 0 Å². The molecule has 0 radical (unpaired) electrons.